The summed E-state index contributed by atoms with van der Waals surface area (Å²) < 4.78 is 41.1. The van der Waals surface area contributed by atoms with E-state index in [9.17, 15) is 18.0 Å². The minimum atomic E-state index is -4.42. The number of alkyl halides is 3. The van der Waals surface area contributed by atoms with Crippen molar-refractivity contribution in [2.45, 2.75) is 19.5 Å². The first-order valence-electron chi connectivity index (χ1n) is 8.02. The van der Waals surface area contributed by atoms with E-state index >= 15 is 0 Å². The zero-order valence-electron chi connectivity index (χ0n) is 14.2. The van der Waals surface area contributed by atoms with Gasteiger partial charge in [-0.3, -0.25) is 0 Å². The van der Waals surface area contributed by atoms with Gasteiger partial charge >= 0.3 is 11.7 Å². The Morgan fingerprint density at radius 1 is 1.11 bits per heavy atom. The normalized spacial score (nSPS) is 11.7. The molecule has 4 rings (SSSR count). The van der Waals surface area contributed by atoms with E-state index in [0.717, 1.165) is 17.6 Å². The van der Waals surface area contributed by atoms with Crippen molar-refractivity contribution in [3.63, 3.8) is 0 Å². The van der Waals surface area contributed by atoms with Crippen molar-refractivity contribution in [1.82, 2.24) is 14.9 Å². The van der Waals surface area contributed by atoms with Gasteiger partial charge in [-0.1, -0.05) is 29.0 Å². The molecule has 27 heavy (non-hydrogen) atoms. The molecular weight excluding hydrogens is 361 g/mol. The fourth-order valence-electron chi connectivity index (χ4n) is 2.99. The van der Waals surface area contributed by atoms with Crippen LogP contribution >= 0.6 is 0 Å². The summed E-state index contributed by atoms with van der Waals surface area (Å²) in [7, 11) is 0. The number of aromatic nitrogens is 4. The Labute approximate surface area is 150 Å². The molecule has 0 aliphatic rings. The topological polar surface area (TPSA) is 84.8 Å². The molecule has 0 spiro atoms. The number of para-hydroxylation sites is 2. The van der Waals surface area contributed by atoms with E-state index in [2.05, 4.69) is 10.2 Å². The summed E-state index contributed by atoms with van der Waals surface area (Å²) in [4.78, 5) is 17.4. The van der Waals surface area contributed by atoms with E-state index in [1.165, 1.54) is 16.8 Å². The van der Waals surface area contributed by atoms with Gasteiger partial charge in [0.25, 0.3) is 5.52 Å². The molecule has 0 aliphatic heterocycles. The van der Waals surface area contributed by atoms with Crippen molar-refractivity contribution in [2.24, 2.45) is 0 Å². The van der Waals surface area contributed by atoms with Gasteiger partial charge in [0.15, 0.2) is 11.2 Å². The van der Waals surface area contributed by atoms with Crippen molar-refractivity contribution in [2.75, 3.05) is 0 Å². The Hall–Kier alpha value is -3.20. The van der Waals surface area contributed by atoms with Crippen LogP contribution in [0.5, 0.6) is 0 Å². The fraction of sp³-hybridized carbons (Fsp3) is 0.167. The molecule has 2 heterocycles. The van der Waals surface area contributed by atoms with E-state index in [0.29, 0.717) is 28.8 Å². The molecular formula is C18H15F3N4O2. The van der Waals surface area contributed by atoms with E-state index in [1.54, 1.807) is 4.52 Å². The summed E-state index contributed by atoms with van der Waals surface area (Å²) in [6.07, 6.45) is -3.87. The van der Waals surface area contributed by atoms with Crippen molar-refractivity contribution in [1.29, 1.82) is 0 Å². The van der Waals surface area contributed by atoms with E-state index in [1.807, 2.05) is 31.2 Å². The molecule has 0 saturated carbocycles. The molecule has 0 amide bonds. The van der Waals surface area contributed by atoms with Crippen LogP contribution in [0.25, 0.3) is 22.2 Å². The predicted molar refractivity (Wildman–Crippen MR) is 91.2 cm³/mol. The van der Waals surface area contributed by atoms with E-state index in [4.69, 9.17) is 0 Å². The Morgan fingerprint density at radius 2 is 1.78 bits per heavy atom. The predicted octanol–water partition coefficient (Wildman–Crippen LogP) is 2.86. The zero-order chi connectivity index (χ0) is 18.5. The molecule has 2 N–H and O–H groups in total. The lowest BCUT2D eigenvalue weighted by Crippen LogP contribution is -2.28. The van der Waals surface area contributed by atoms with Crippen LogP contribution < -0.4 is 10.1 Å². The van der Waals surface area contributed by atoms with Gasteiger partial charge in [0.1, 0.15) is 5.52 Å². The number of hydrogen-bond acceptors (Lipinski definition) is 3. The van der Waals surface area contributed by atoms with Gasteiger partial charge in [0.05, 0.1) is 11.3 Å². The van der Waals surface area contributed by atoms with Gasteiger partial charge in [0.2, 0.25) is 0 Å². The van der Waals surface area contributed by atoms with Crippen molar-refractivity contribution < 1.29 is 23.2 Å². The van der Waals surface area contributed by atoms with Gasteiger partial charge in [0, 0.05) is 0 Å². The third-order valence-electron chi connectivity index (χ3n) is 4.27. The highest BCUT2D eigenvalue weighted by Crippen LogP contribution is 2.29. The number of benzene rings is 2. The number of halogens is 3. The van der Waals surface area contributed by atoms with Gasteiger partial charge in [-0.05, 0) is 42.8 Å². The molecule has 0 atom stereocenters. The van der Waals surface area contributed by atoms with Crippen molar-refractivity contribution >= 4 is 16.6 Å². The second kappa shape index (κ2) is 6.51. The average Bonchev–Trinajstić information content (AvgIpc) is 2.98. The summed E-state index contributed by atoms with van der Waals surface area (Å²) in [6, 6.07) is 11.8. The molecule has 140 valence electrons. The molecule has 2 aromatic carbocycles. The lowest BCUT2D eigenvalue weighted by atomic mass is 10.2. The lowest BCUT2D eigenvalue weighted by Gasteiger charge is -2.05. The summed E-state index contributed by atoms with van der Waals surface area (Å²) in [5.74, 6) is 0. The van der Waals surface area contributed by atoms with Crippen LogP contribution in [0.3, 0.4) is 0 Å². The number of nitrogens with one attached hydrogen (secondary N) is 1. The molecule has 6 nitrogen and oxygen atoms in total. The molecule has 2 aromatic heterocycles. The Kier molecular flexibility index (Phi) is 4.48. The molecule has 4 aromatic rings. The minimum absolute atomic E-state index is 0. The highest BCUT2D eigenvalue weighted by molar-refractivity contribution is 5.72. The molecule has 0 unspecified atom stereocenters. The first-order valence-corrected chi connectivity index (χ1v) is 8.02. The summed E-state index contributed by atoms with van der Waals surface area (Å²) in [6.45, 7) is 1.89. The number of nitrogens with zero attached hydrogens (tertiary/aromatic N) is 3. The summed E-state index contributed by atoms with van der Waals surface area (Å²) in [5, 5.41) is 2.96. The highest BCUT2D eigenvalue weighted by Gasteiger charge is 2.31. The van der Waals surface area contributed by atoms with Crippen LogP contribution in [0.2, 0.25) is 0 Å². The largest absolute Gasteiger partial charge is 0.870 e. The number of fused-ring (bicyclic) bond motifs is 3. The number of aromatic amines is 1. The van der Waals surface area contributed by atoms with Gasteiger partial charge in [-0.25, -0.2) is 9.78 Å². The maximum atomic E-state index is 12.9. The quantitative estimate of drug-likeness (QED) is 0.546. The average molecular weight is 376 g/mol. The standard InChI is InChI=1S/C18H13F3N4O.H2O/c1-2-13-16-17(26)24(12-9-7-11(8-10-12)18(19,20)21)23-25(16)15-6-4-3-5-14(15)22-13;/h3-10H,2H2,1H3;1H2. The summed E-state index contributed by atoms with van der Waals surface area (Å²) >= 11 is 0. The van der Waals surface area contributed by atoms with Gasteiger partial charge in [-0.2, -0.15) is 13.2 Å². The number of hydrogen-bond donors (Lipinski definition) is 1. The number of rotatable bonds is 2. The number of H-pyrrole nitrogens is 1. The monoisotopic (exact) mass is 376 g/mol. The number of aryl methyl sites for hydroxylation is 1. The van der Waals surface area contributed by atoms with Crippen LogP contribution in [0.4, 0.5) is 13.2 Å². The van der Waals surface area contributed by atoms with E-state index in [-0.39, 0.29) is 11.0 Å². The Balaban J connectivity index is 0.00000210. The van der Waals surface area contributed by atoms with Crippen LogP contribution in [0, 0.1) is 0 Å². The molecule has 0 aliphatic carbocycles. The second-order valence-electron chi connectivity index (χ2n) is 5.87. The highest BCUT2D eigenvalue weighted by atomic mass is 19.4. The Morgan fingerprint density at radius 3 is 2.41 bits per heavy atom. The van der Waals surface area contributed by atoms with Crippen LogP contribution in [0.15, 0.2) is 53.3 Å². The SMILES string of the molecule is CCc1nc2ccccc2[n+]2[nH]n(-c3ccc(C(F)(F)F)cc3)c(=O)c12.[OH-]. The maximum Gasteiger partial charge on any atom is 0.416 e. The molecule has 0 radical (unpaired) electrons. The van der Waals surface area contributed by atoms with Crippen molar-refractivity contribution in [3.8, 4) is 5.69 Å². The van der Waals surface area contributed by atoms with Crippen LogP contribution in [-0.2, 0) is 12.6 Å². The van der Waals surface area contributed by atoms with Crippen molar-refractivity contribution in [3.05, 3.63) is 70.1 Å². The van der Waals surface area contributed by atoms with Gasteiger partial charge in [-0.15, -0.1) is 4.52 Å². The zero-order valence-corrected chi connectivity index (χ0v) is 14.2. The molecule has 0 saturated heterocycles. The molecule has 0 fully saturated rings. The Bertz CT molecular complexity index is 1180. The second-order valence-corrected chi connectivity index (χ2v) is 5.87. The van der Waals surface area contributed by atoms with E-state index < -0.39 is 11.7 Å². The first-order chi connectivity index (χ1) is 12.4. The third kappa shape index (κ3) is 2.95. The third-order valence-corrected chi connectivity index (χ3v) is 4.27. The maximum absolute atomic E-state index is 12.9. The molecule has 0 bridgehead atoms. The minimum Gasteiger partial charge on any atom is -0.870 e. The smallest absolute Gasteiger partial charge is 0.416 e. The van der Waals surface area contributed by atoms with Crippen LogP contribution in [0.1, 0.15) is 18.2 Å². The first kappa shape index (κ1) is 18.6. The fourth-order valence-corrected chi connectivity index (χ4v) is 2.99. The molecule has 9 heteroatoms. The summed E-state index contributed by atoms with van der Waals surface area (Å²) in [5.41, 5.74) is 1.63. The van der Waals surface area contributed by atoms with Crippen LogP contribution in [-0.4, -0.2) is 20.4 Å². The van der Waals surface area contributed by atoms with Gasteiger partial charge < -0.3 is 5.48 Å². The lowest BCUT2D eigenvalue weighted by molar-refractivity contribution is -0.556.